The van der Waals surface area contributed by atoms with Crippen LogP contribution in [0.2, 0.25) is 5.15 Å². The van der Waals surface area contributed by atoms with E-state index in [0.717, 1.165) is 25.7 Å². The molecule has 6 rings (SSSR count). The van der Waals surface area contributed by atoms with Crippen molar-refractivity contribution in [3.05, 3.63) is 34.5 Å². The summed E-state index contributed by atoms with van der Waals surface area (Å²) in [5, 5.41) is 22.9. The first-order valence-corrected chi connectivity index (χ1v) is 10.9. The summed E-state index contributed by atoms with van der Waals surface area (Å²) in [7, 11) is 0. The van der Waals surface area contributed by atoms with E-state index in [-0.39, 0.29) is 39.6 Å². The maximum absolute atomic E-state index is 15.3. The van der Waals surface area contributed by atoms with Crippen LogP contribution >= 0.6 is 11.6 Å². The molecular formula is C22H20ClFN6O2. The minimum absolute atomic E-state index is 0.0513. The maximum atomic E-state index is 15.3. The van der Waals surface area contributed by atoms with Gasteiger partial charge in [-0.15, -0.1) is 0 Å². The highest BCUT2D eigenvalue weighted by molar-refractivity contribution is 6.29. The van der Waals surface area contributed by atoms with Crippen LogP contribution in [-0.4, -0.2) is 37.1 Å². The van der Waals surface area contributed by atoms with Gasteiger partial charge in [0.25, 0.3) is 0 Å². The van der Waals surface area contributed by atoms with E-state index in [1.165, 1.54) is 13.1 Å². The van der Waals surface area contributed by atoms with Crippen molar-refractivity contribution < 1.29 is 14.3 Å². The molecule has 0 saturated heterocycles. The summed E-state index contributed by atoms with van der Waals surface area (Å²) in [5.74, 6) is -1.96. The minimum Gasteiger partial charge on any atom is -0.481 e. The fourth-order valence-corrected chi connectivity index (χ4v) is 5.46. The van der Waals surface area contributed by atoms with Gasteiger partial charge in [-0.1, -0.05) is 11.6 Å². The number of aromatic amines is 1. The largest absolute Gasteiger partial charge is 0.481 e. The van der Waals surface area contributed by atoms with Crippen LogP contribution in [0.15, 0.2) is 12.4 Å². The van der Waals surface area contributed by atoms with Gasteiger partial charge in [0, 0.05) is 23.4 Å². The van der Waals surface area contributed by atoms with Gasteiger partial charge >= 0.3 is 5.97 Å². The number of pyridine rings is 1. The molecule has 2 bridgehead atoms. The maximum Gasteiger partial charge on any atom is 0.308 e. The molecule has 0 radical (unpaired) electrons. The van der Waals surface area contributed by atoms with Crippen molar-refractivity contribution in [3.63, 3.8) is 0 Å². The predicted molar refractivity (Wildman–Crippen MR) is 116 cm³/mol. The second-order valence-electron chi connectivity index (χ2n) is 8.54. The molecule has 3 aromatic rings. The third kappa shape index (κ3) is 3.17. The third-order valence-electron chi connectivity index (χ3n) is 6.90. The van der Waals surface area contributed by atoms with Crippen LogP contribution in [0.5, 0.6) is 0 Å². The van der Waals surface area contributed by atoms with Crippen LogP contribution in [0.25, 0.3) is 22.4 Å². The zero-order chi connectivity index (χ0) is 22.6. The van der Waals surface area contributed by atoms with Crippen LogP contribution in [0, 0.1) is 41.8 Å². The summed E-state index contributed by atoms with van der Waals surface area (Å²) in [6.45, 7) is 1.51. The Morgan fingerprint density at radius 1 is 1.31 bits per heavy atom. The molecule has 3 fully saturated rings. The summed E-state index contributed by atoms with van der Waals surface area (Å²) in [4.78, 5) is 27.9. The van der Waals surface area contributed by atoms with Crippen molar-refractivity contribution in [1.82, 2.24) is 19.9 Å². The Morgan fingerprint density at radius 2 is 2.03 bits per heavy atom. The van der Waals surface area contributed by atoms with Gasteiger partial charge in [-0.3, -0.25) is 4.79 Å². The third-order valence-corrected chi connectivity index (χ3v) is 7.08. The number of carboxylic acids is 1. The van der Waals surface area contributed by atoms with Crippen molar-refractivity contribution >= 4 is 34.6 Å². The molecule has 164 valence electrons. The van der Waals surface area contributed by atoms with E-state index in [4.69, 9.17) is 11.6 Å². The molecular weight excluding hydrogens is 435 g/mol. The number of hydrogen-bond acceptors (Lipinski definition) is 6. The summed E-state index contributed by atoms with van der Waals surface area (Å²) < 4.78 is 15.3. The molecule has 3 aliphatic rings. The number of fused-ring (bicyclic) bond motifs is 4. The number of aromatic nitrogens is 4. The lowest BCUT2D eigenvalue weighted by atomic mass is 9.61. The molecule has 8 nitrogen and oxygen atoms in total. The fourth-order valence-electron chi connectivity index (χ4n) is 5.33. The molecule has 0 aliphatic heterocycles. The smallest absolute Gasteiger partial charge is 0.308 e. The molecule has 0 spiro atoms. The Balaban J connectivity index is 1.63. The second-order valence-corrected chi connectivity index (χ2v) is 8.92. The lowest BCUT2D eigenvalue weighted by Gasteiger charge is -2.47. The van der Waals surface area contributed by atoms with E-state index in [0.29, 0.717) is 16.7 Å². The molecule has 0 unspecified atom stereocenters. The lowest BCUT2D eigenvalue weighted by Crippen LogP contribution is -2.51. The number of H-pyrrole nitrogens is 1. The fraction of sp³-hybridized carbons (Fsp3) is 0.409. The summed E-state index contributed by atoms with van der Waals surface area (Å²) in [5.41, 5.74) is 1.80. The number of aliphatic carboxylic acids is 1. The highest BCUT2D eigenvalue weighted by Crippen LogP contribution is 2.46. The molecule has 0 amide bonds. The molecule has 3 aliphatic carbocycles. The Labute approximate surface area is 187 Å². The van der Waals surface area contributed by atoms with E-state index in [2.05, 4.69) is 25.3 Å². The van der Waals surface area contributed by atoms with Crippen molar-refractivity contribution in [2.45, 2.75) is 38.6 Å². The number of nitrogens with zero attached hydrogens (tertiary/aromatic N) is 4. The van der Waals surface area contributed by atoms with Gasteiger partial charge in [0.1, 0.15) is 16.7 Å². The normalized spacial score (nSPS) is 24.4. The molecule has 3 heterocycles. The zero-order valence-electron chi connectivity index (χ0n) is 17.2. The monoisotopic (exact) mass is 454 g/mol. The number of nitriles is 1. The van der Waals surface area contributed by atoms with E-state index in [1.54, 1.807) is 6.20 Å². The molecule has 3 N–H and O–H groups in total. The van der Waals surface area contributed by atoms with Crippen molar-refractivity contribution in [2.75, 3.05) is 5.32 Å². The number of carboxylic acid groups (broad SMARTS) is 1. The van der Waals surface area contributed by atoms with Crippen LogP contribution in [0.4, 0.5) is 10.2 Å². The van der Waals surface area contributed by atoms with Crippen LogP contribution in [-0.2, 0) is 4.79 Å². The second kappa shape index (κ2) is 7.71. The summed E-state index contributed by atoms with van der Waals surface area (Å²) in [6.07, 6.45) is 6.58. The number of nitrogens with one attached hydrogen (secondary N) is 2. The molecule has 3 saturated carbocycles. The van der Waals surface area contributed by atoms with Crippen LogP contribution in [0.3, 0.4) is 0 Å². The summed E-state index contributed by atoms with van der Waals surface area (Å²) in [6, 6.07) is 1.62. The van der Waals surface area contributed by atoms with Gasteiger partial charge in [-0.05, 0) is 44.4 Å². The molecule has 32 heavy (non-hydrogen) atoms. The topological polar surface area (TPSA) is 128 Å². The Hall–Kier alpha value is -3.25. The average Bonchev–Trinajstić information content (AvgIpc) is 3.20. The Bertz CT molecular complexity index is 1280. The van der Waals surface area contributed by atoms with Gasteiger partial charge < -0.3 is 15.4 Å². The number of halogens is 2. The predicted octanol–water partition coefficient (Wildman–Crippen LogP) is 4.29. The zero-order valence-corrected chi connectivity index (χ0v) is 17.9. The first-order chi connectivity index (χ1) is 15.4. The van der Waals surface area contributed by atoms with Crippen molar-refractivity contribution in [2.24, 2.45) is 17.8 Å². The molecule has 3 aromatic heterocycles. The first kappa shape index (κ1) is 20.6. The van der Waals surface area contributed by atoms with Gasteiger partial charge in [-0.2, -0.15) is 5.26 Å². The van der Waals surface area contributed by atoms with E-state index >= 15 is 4.39 Å². The molecule has 10 heteroatoms. The highest BCUT2D eigenvalue weighted by atomic mass is 35.5. The summed E-state index contributed by atoms with van der Waals surface area (Å²) >= 11 is 6.01. The standard InChI is InChI=1S/C22H20ClFN6O2/c1-9-12(6-25)18(13-7-26-21-19(13)28-14(23)8-27-21)30-20(16(9)24)29-17-11-4-2-10(3-5-11)15(17)22(31)32/h7-8,10-11,15,17H,2-5H2,1H3,(H,26,27)(H,29,30)(H,31,32)/t10?,11?,15-,17-/m1/s1. The Morgan fingerprint density at radius 3 is 2.72 bits per heavy atom. The lowest BCUT2D eigenvalue weighted by molar-refractivity contribution is -0.148. The molecule has 2 atom stereocenters. The highest BCUT2D eigenvalue weighted by Gasteiger charge is 2.47. The first-order valence-electron chi connectivity index (χ1n) is 10.5. The van der Waals surface area contributed by atoms with Gasteiger partial charge in [0.05, 0.1) is 23.4 Å². The quantitative estimate of drug-likeness (QED) is 0.536. The van der Waals surface area contributed by atoms with E-state index in [1.807, 2.05) is 6.07 Å². The van der Waals surface area contributed by atoms with Crippen molar-refractivity contribution in [3.8, 4) is 17.3 Å². The minimum atomic E-state index is -0.871. The van der Waals surface area contributed by atoms with E-state index < -0.39 is 23.7 Å². The SMILES string of the molecule is Cc1c(F)c(N[C@@H]2C3CCC(CC3)[C@H]2C(=O)O)nc(-c2c[nH]c3ncc(Cl)nc23)c1C#N. The van der Waals surface area contributed by atoms with E-state index in [9.17, 15) is 15.2 Å². The van der Waals surface area contributed by atoms with Gasteiger partial charge in [0.15, 0.2) is 17.3 Å². The average molecular weight is 455 g/mol. The Kier molecular flexibility index (Phi) is 4.97. The number of carbonyl (C=O) groups is 1. The van der Waals surface area contributed by atoms with Gasteiger partial charge in [-0.25, -0.2) is 19.3 Å². The van der Waals surface area contributed by atoms with Crippen molar-refractivity contribution in [1.29, 1.82) is 5.26 Å². The molecule has 0 aromatic carbocycles. The van der Waals surface area contributed by atoms with Gasteiger partial charge in [0.2, 0.25) is 0 Å². The van der Waals surface area contributed by atoms with Crippen LogP contribution in [0.1, 0.15) is 36.8 Å². The van der Waals surface area contributed by atoms with Crippen LogP contribution < -0.4 is 5.32 Å². The number of anilines is 1. The number of rotatable bonds is 4. The number of hydrogen-bond donors (Lipinski definition) is 3.